The number of anilines is 1. The fourth-order valence-corrected chi connectivity index (χ4v) is 2.08. The number of nitrogens with one attached hydrogen (secondary N) is 1. The van der Waals surface area contributed by atoms with Gasteiger partial charge >= 0.3 is 0 Å². The van der Waals surface area contributed by atoms with Gasteiger partial charge in [-0.25, -0.2) is 0 Å². The minimum Gasteiger partial charge on any atom is -0.327 e. The van der Waals surface area contributed by atoms with Crippen molar-refractivity contribution < 1.29 is 4.79 Å². The van der Waals surface area contributed by atoms with E-state index < -0.39 is 0 Å². The summed E-state index contributed by atoms with van der Waals surface area (Å²) in [6, 6.07) is 4.18. The largest absolute Gasteiger partial charge is 0.327 e. The first-order valence-corrected chi connectivity index (χ1v) is 6.78. The summed E-state index contributed by atoms with van der Waals surface area (Å²) in [4.78, 5) is 11.8. The van der Waals surface area contributed by atoms with Gasteiger partial charge in [0, 0.05) is 18.2 Å². The Kier molecular flexibility index (Phi) is 4.75. The van der Waals surface area contributed by atoms with Gasteiger partial charge in [0.25, 0.3) is 0 Å². The molecule has 1 atom stereocenters. The Balaban J connectivity index is 3.01. The van der Waals surface area contributed by atoms with Crippen molar-refractivity contribution >= 4 is 11.6 Å². The second kappa shape index (κ2) is 5.74. The fraction of sp³-hybridized carbons (Fsp3) is 0.562. The van der Waals surface area contributed by atoms with Crippen molar-refractivity contribution in [3.05, 3.63) is 28.8 Å². The van der Waals surface area contributed by atoms with Gasteiger partial charge < -0.3 is 11.1 Å². The molecular formula is C16H26N2O. The van der Waals surface area contributed by atoms with Gasteiger partial charge in [-0.3, -0.25) is 4.79 Å². The second-order valence-corrected chi connectivity index (χ2v) is 6.46. The van der Waals surface area contributed by atoms with Crippen LogP contribution in [0.1, 0.15) is 50.8 Å². The molecule has 1 amide bonds. The van der Waals surface area contributed by atoms with Gasteiger partial charge in [-0.2, -0.15) is 0 Å². The van der Waals surface area contributed by atoms with Gasteiger partial charge in [0.15, 0.2) is 0 Å². The molecule has 19 heavy (non-hydrogen) atoms. The van der Waals surface area contributed by atoms with Crippen molar-refractivity contribution in [2.45, 2.75) is 59.4 Å². The van der Waals surface area contributed by atoms with Crippen LogP contribution in [0.3, 0.4) is 0 Å². The maximum Gasteiger partial charge on any atom is 0.225 e. The third-order valence-electron chi connectivity index (χ3n) is 3.17. The van der Waals surface area contributed by atoms with Crippen LogP contribution in [0.5, 0.6) is 0 Å². The number of hydrogen-bond donors (Lipinski definition) is 2. The molecule has 0 aliphatic heterocycles. The summed E-state index contributed by atoms with van der Waals surface area (Å²) in [7, 11) is 0. The molecule has 0 spiro atoms. The van der Waals surface area contributed by atoms with Crippen LogP contribution < -0.4 is 11.1 Å². The molecule has 1 rings (SSSR count). The highest BCUT2D eigenvalue weighted by Crippen LogP contribution is 2.29. The molecule has 106 valence electrons. The lowest BCUT2D eigenvalue weighted by Crippen LogP contribution is -2.24. The maximum absolute atomic E-state index is 11.8. The molecule has 1 aromatic rings. The van der Waals surface area contributed by atoms with E-state index in [1.165, 1.54) is 5.56 Å². The van der Waals surface area contributed by atoms with Crippen LogP contribution in [0.15, 0.2) is 12.1 Å². The number of benzene rings is 1. The Labute approximate surface area is 116 Å². The summed E-state index contributed by atoms with van der Waals surface area (Å²) in [5, 5.41) is 2.97. The Morgan fingerprint density at radius 2 is 1.74 bits per heavy atom. The van der Waals surface area contributed by atoms with Crippen LogP contribution in [-0.4, -0.2) is 11.9 Å². The number of carbonyl (C=O) groups excluding carboxylic acids is 1. The first-order valence-electron chi connectivity index (χ1n) is 6.78. The summed E-state index contributed by atoms with van der Waals surface area (Å²) < 4.78 is 0. The molecule has 0 aliphatic rings. The highest BCUT2D eigenvalue weighted by molar-refractivity contribution is 5.92. The molecule has 3 heteroatoms. The quantitative estimate of drug-likeness (QED) is 0.878. The van der Waals surface area contributed by atoms with Crippen molar-refractivity contribution in [1.82, 2.24) is 0 Å². The highest BCUT2D eigenvalue weighted by Gasteiger charge is 2.17. The van der Waals surface area contributed by atoms with Crippen molar-refractivity contribution in [2.75, 3.05) is 5.32 Å². The summed E-state index contributed by atoms with van der Waals surface area (Å²) in [6.07, 6.45) is 0.347. The normalized spacial score (nSPS) is 13.2. The van der Waals surface area contributed by atoms with Crippen LogP contribution in [-0.2, 0) is 10.2 Å². The molecule has 0 heterocycles. The van der Waals surface area contributed by atoms with E-state index in [-0.39, 0.29) is 17.4 Å². The monoisotopic (exact) mass is 262 g/mol. The van der Waals surface area contributed by atoms with E-state index in [4.69, 9.17) is 5.73 Å². The topological polar surface area (TPSA) is 55.1 Å². The number of hydrogen-bond acceptors (Lipinski definition) is 2. The van der Waals surface area contributed by atoms with Gasteiger partial charge in [-0.05, 0) is 42.9 Å². The third kappa shape index (κ3) is 4.35. The zero-order valence-corrected chi connectivity index (χ0v) is 12.9. The fourth-order valence-electron chi connectivity index (χ4n) is 2.08. The van der Waals surface area contributed by atoms with Crippen LogP contribution in [0.25, 0.3) is 0 Å². The van der Waals surface area contributed by atoms with Crippen molar-refractivity contribution in [3.8, 4) is 0 Å². The summed E-state index contributed by atoms with van der Waals surface area (Å²) in [5.41, 5.74) is 10.2. The SMILES string of the molecule is Cc1cc(C(C)(C)C)cc(C)c1NC(=O)CC(C)N. The van der Waals surface area contributed by atoms with Gasteiger partial charge in [-0.1, -0.05) is 32.9 Å². The van der Waals surface area contributed by atoms with Crippen molar-refractivity contribution in [2.24, 2.45) is 5.73 Å². The second-order valence-electron chi connectivity index (χ2n) is 6.46. The number of nitrogens with two attached hydrogens (primary N) is 1. The van der Waals surface area contributed by atoms with E-state index in [2.05, 4.69) is 38.2 Å². The minimum atomic E-state index is -0.116. The van der Waals surface area contributed by atoms with Gasteiger partial charge in [0.2, 0.25) is 5.91 Å². The Morgan fingerprint density at radius 1 is 1.26 bits per heavy atom. The molecule has 1 unspecified atom stereocenters. The number of amides is 1. The van der Waals surface area contributed by atoms with Crippen molar-refractivity contribution in [3.63, 3.8) is 0 Å². The summed E-state index contributed by atoms with van der Waals surface area (Å²) in [5.74, 6) is -0.0234. The average Bonchev–Trinajstić information content (AvgIpc) is 2.20. The van der Waals surface area contributed by atoms with Crippen LogP contribution >= 0.6 is 0 Å². The molecule has 3 N–H and O–H groups in total. The Bertz CT molecular complexity index is 447. The summed E-state index contributed by atoms with van der Waals surface area (Å²) >= 11 is 0. The van der Waals surface area contributed by atoms with Gasteiger partial charge in [0.05, 0.1) is 0 Å². The molecular weight excluding hydrogens is 236 g/mol. The van der Waals surface area contributed by atoms with E-state index in [0.717, 1.165) is 16.8 Å². The van der Waals surface area contributed by atoms with E-state index in [9.17, 15) is 4.79 Å². The average molecular weight is 262 g/mol. The number of aryl methyl sites for hydroxylation is 2. The zero-order valence-electron chi connectivity index (χ0n) is 12.9. The molecule has 0 aliphatic carbocycles. The molecule has 0 fully saturated rings. The van der Waals surface area contributed by atoms with Crippen LogP contribution in [0.2, 0.25) is 0 Å². The van der Waals surface area contributed by atoms with E-state index >= 15 is 0 Å². The molecule has 1 aromatic carbocycles. The standard InChI is InChI=1S/C16H26N2O/c1-10-7-13(16(4,5)6)8-11(2)15(10)18-14(19)9-12(3)17/h7-8,12H,9,17H2,1-6H3,(H,18,19). The van der Waals surface area contributed by atoms with E-state index in [1.54, 1.807) is 0 Å². The Hall–Kier alpha value is -1.35. The van der Waals surface area contributed by atoms with Crippen molar-refractivity contribution in [1.29, 1.82) is 0 Å². The van der Waals surface area contributed by atoms with E-state index in [1.807, 2.05) is 20.8 Å². The first kappa shape index (κ1) is 15.7. The zero-order chi connectivity index (χ0) is 14.8. The minimum absolute atomic E-state index is 0.0234. The molecule has 0 aromatic heterocycles. The molecule has 0 radical (unpaired) electrons. The molecule has 0 saturated carbocycles. The molecule has 0 bridgehead atoms. The summed E-state index contributed by atoms with van der Waals surface area (Å²) in [6.45, 7) is 12.5. The first-order chi connectivity index (χ1) is 8.61. The highest BCUT2D eigenvalue weighted by atomic mass is 16.1. The van der Waals surface area contributed by atoms with Gasteiger partial charge in [-0.15, -0.1) is 0 Å². The Morgan fingerprint density at radius 3 is 2.11 bits per heavy atom. The number of rotatable bonds is 3. The lowest BCUT2D eigenvalue weighted by Gasteiger charge is -2.22. The van der Waals surface area contributed by atoms with Crippen LogP contribution in [0.4, 0.5) is 5.69 Å². The maximum atomic E-state index is 11.8. The smallest absolute Gasteiger partial charge is 0.225 e. The lowest BCUT2D eigenvalue weighted by molar-refractivity contribution is -0.116. The molecule has 0 saturated heterocycles. The number of carbonyl (C=O) groups is 1. The predicted octanol–water partition coefficient (Wildman–Crippen LogP) is 3.28. The lowest BCUT2D eigenvalue weighted by atomic mass is 9.85. The third-order valence-corrected chi connectivity index (χ3v) is 3.17. The molecule has 3 nitrogen and oxygen atoms in total. The predicted molar refractivity (Wildman–Crippen MR) is 81.5 cm³/mol. The van der Waals surface area contributed by atoms with Gasteiger partial charge in [0.1, 0.15) is 0 Å². The van der Waals surface area contributed by atoms with E-state index in [0.29, 0.717) is 6.42 Å². The van der Waals surface area contributed by atoms with Crippen LogP contribution in [0, 0.1) is 13.8 Å².